The number of nitrogens with zero attached hydrogens (tertiary/aromatic N) is 2. The van der Waals surface area contributed by atoms with Gasteiger partial charge in [-0.3, -0.25) is 0 Å². The molecule has 1 unspecified atom stereocenters. The van der Waals surface area contributed by atoms with Gasteiger partial charge in [0.25, 0.3) is 0 Å². The Bertz CT molecular complexity index is 365. The van der Waals surface area contributed by atoms with Gasteiger partial charge in [0.15, 0.2) is 0 Å². The molecule has 0 radical (unpaired) electrons. The summed E-state index contributed by atoms with van der Waals surface area (Å²) in [6.07, 6.45) is 4.52. The Hall–Kier alpha value is -0.760. The van der Waals surface area contributed by atoms with Gasteiger partial charge in [0.1, 0.15) is 5.82 Å². The first-order valence-corrected chi connectivity index (χ1v) is 6.50. The van der Waals surface area contributed by atoms with Crippen molar-refractivity contribution in [3.8, 4) is 0 Å². The Balaban J connectivity index is 2.19. The number of piperidine rings is 1. The van der Waals surface area contributed by atoms with Crippen molar-refractivity contribution in [2.24, 2.45) is 5.92 Å². The molecule has 2 nitrogen and oxygen atoms in total. The van der Waals surface area contributed by atoms with Crippen LogP contribution >= 0.6 is 11.6 Å². The molecule has 1 atom stereocenters. The summed E-state index contributed by atoms with van der Waals surface area (Å²) in [6.45, 7) is 6.71. The highest BCUT2D eigenvalue weighted by Gasteiger charge is 2.18. The maximum atomic E-state index is 5.81. The molecule has 0 bridgehead atoms. The van der Waals surface area contributed by atoms with E-state index in [0.717, 1.165) is 30.4 Å². The van der Waals surface area contributed by atoms with Crippen LogP contribution in [0.1, 0.15) is 30.9 Å². The quantitative estimate of drug-likeness (QED) is 0.735. The number of alkyl halides is 1. The van der Waals surface area contributed by atoms with E-state index in [1.807, 2.05) is 6.20 Å². The molecule has 0 N–H and O–H groups in total. The van der Waals surface area contributed by atoms with Crippen molar-refractivity contribution in [2.45, 2.75) is 32.6 Å². The monoisotopic (exact) mass is 238 g/mol. The molecule has 1 saturated heterocycles. The van der Waals surface area contributed by atoms with Gasteiger partial charge < -0.3 is 4.90 Å². The zero-order valence-electron chi connectivity index (χ0n) is 10.0. The third-order valence-corrected chi connectivity index (χ3v) is 3.53. The molecule has 2 rings (SSSR count). The minimum atomic E-state index is 0.546. The molecular formula is C13H19ClN2. The topological polar surface area (TPSA) is 16.1 Å². The highest BCUT2D eigenvalue weighted by atomic mass is 35.5. The van der Waals surface area contributed by atoms with Gasteiger partial charge in [0.2, 0.25) is 0 Å². The molecule has 0 aliphatic carbocycles. The average Bonchev–Trinajstić information content (AvgIpc) is 2.28. The summed E-state index contributed by atoms with van der Waals surface area (Å²) >= 11 is 5.81. The molecule has 0 spiro atoms. The standard InChI is InChI=1S/C13H19ClN2/c1-10-4-3-5-16(9-10)13-11(2)6-12(7-14)8-15-13/h6,8,10H,3-5,7,9H2,1-2H3. The highest BCUT2D eigenvalue weighted by molar-refractivity contribution is 6.17. The second-order valence-electron chi connectivity index (χ2n) is 4.81. The minimum Gasteiger partial charge on any atom is -0.356 e. The van der Waals surface area contributed by atoms with Crippen LogP contribution in [0.25, 0.3) is 0 Å². The van der Waals surface area contributed by atoms with Crippen molar-refractivity contribution in [1.29, 1.82) is 0 Å². The molecule has 0 saturated carbocycles. The van der Waals surface area contributed by atoms with Crippen LogP contribution in [0.4, 0.5) is 5.82 Å². The first kappa shape index (κ1) is 11.7. The van der Waals surface area contributed by atoms with E-state index in [9.17, 15) is 0 Å². The summed E-state index contributed by atoms with van der Waals surface area (Å²) in [6, 6.07) is 2.15. The summed E-state index contributed by atoms with van der Waals surface area (Å²) in [5.41, 5.74) is 2.35. The SMILES string of the molecule is Cc1cc(CCl)cnc1N1CCCC(C)C1. The molecule has 1 fully saturated rings. The molecule has 0 amide bonds. The molecule has 1 aromatic rings. The number of aryl methyl sites for hydroxylation is 1. The number of hydrogen-bond acceptors (Lipinski definition) is 2. The number of halogens is 1. The smallest absolute Gasteiger partial charge is 0.131 e. The Morgan fingerprint density at radius 3 is 3.00 bits per heavy atom. The maximum Gasteiger partial charge on any atom is 0.131 e. The molecule has 3 heteroatoms. The van der Waals surface area contributed by atoms with Crippen molar-refractivity contribution >= 4 is 17.4 Å². The fourth-order valence-electron chi connectivity index (χ4n) is 2.41. The van der Waals surface area contributed by atoms with E-state index in [2.05, 4.69) is 29.8 Å². The maximum absolute atomic E-state index is 5.81. The third-order valence-electron chi connectivity index (χ3n) is 3.22. The van der Waals surface area contributed by atoms with E-state index in [1.54, 1.807) is 0 Å². The summed E-state index contributed by atoms with van der Waals surface area (Å²) in [5.74, 6) is 2.47. The van der Waals surface area contributed by atoms with E-state index >= 15 is 0 Å². The largest absolute Gasteiger partial charge is 0.356 e. The van der Waals surface area contributed by atoms with Gasteiger partial charge in [-0.1, -0.05) is 6.92 Å². The summed E-state index contributed by atoms with van der Waals surface area (Å²) < 4.78 is 0. The van der Waals surface area contributed by atoms with Crippen LogP contribution in [-0.2, 0) is 5.88 Å². The molecule has 2 heterocycles. The van der Waals surface area contributed by atoms with Crippen molar-refractivity contribution in [1.82, 2.24) is 4.98 Å². The van der Waals surface area contributed by atoms with Gasteiger partial charge in [-0.15, -0.1) is 11.6 Å². The van der Waals surface area contributed by atoms with Crippen LogP contribution in [-0.4, -0.2) is 18.1 Å². The first-order chi connectivity index (χ1) is 7.70. The number of aromatic nitrogens is 1. The molecule has 1 aliphatic heterocycles. The van der Waals surface area contributed by atoms with Gasteiger partial charge in [0.05, 0.1) is 0 Å². The zero-order chi connectivity index (χ0) is 11.5. The molecule has 1 aliphatic rings. The van der Waals surface area contributed by atoms with Gasteiger partial charge in [-0.2, -0.15) is 0 Å². The number of hydrogen-bond donors (Lipinski definition) is 0. The van der Waals surface area contributed by atoms with Crippen molar-refractivity contribution in [2.75, 3.05) is 18.0 Å². The lowest BCUT2D eigenvalue weighted by Crippen LogP contribution is -2.35. The fraction of sp³-hybridized carbons (Fsp3) is 0.615. The van der Waals surface area contributed by atoms with Gasteiger partial charge in [-0.25, -0.2) is 4.98 Å². The Morgan fingerprint density at radius 1 is 1.56 bits per heavy atom. The summed E-state index contributed by atoms with van der Waals surface area (Å²) in [7, 11) is 0. The van der Waals surface area contributed by atoms with E-state index in [0.29, 0.717) is 5.88 Å². The van der Waals surface area contributed by atoms with Crippen LogP contribution in [0.5, 0.6) is 0 Å². The predicted molar refractivity (Wildman–Crippen MR) is 69.1 cm³/mol. The highest BCUT2D eigenvalue weighted by Crippen LogP contribution is 2.24. The van der Waals surface area contributed by atoms with Gasteiger partial charge in [0, 0.05) is 25.2 Å². The summed E-state index contributed by atoms with van der Waals surface area (Å²) in [5, 5.41) is 0. The molecule has 1 aromatic heterocycles. The predicted octanol–water partition coefficient (Wildman–Crippen LogP) is 3.37. The second-order valence-corrected chi connectivity index (χ2v) is 5.08. The van der Waals surface area contributed by atoms with Crippen LogP contribution in [0.15, 0.2) is 12.3 Å². The lowest BCUT2D eigenvalue weighted by molar-refractivity contribution is 0.444. The van der Waals surface area contributed by atoms with Crippen molar-refractivity contribution in [3.05, 3.63) is 23.4 Å². The Kier molecular flexibility index (Phi) is 3.70. The van der Waals surface area contributed by atoms with E-state index in [1.165, 1.54) is 18.4 Å². The minimum absolute atomic E-state index is 0.546. The molecule has 88 valence electrons. The van der Waals surface area contributed by atoms with Gasteiger partial charge in [-0.05, 0) is 42.9 Å². The molecule has 16 heavy (non-hydrogen) atoms. The van der Waals surface area contributed by atoms with Crippen LogP contribution in [0.2, 0.25) is 0 Å². The van der Waals surface area contributed by atoms with Crippen LogP contribution in [0.3, 0.4) is 0 Å². The van der Waals surface area contributed by atoms with E-state index < -0.39 is 0 Å². The second kappa shape index (κ2) is 5.05. The Labute approximate surface area is 103 Å². The van der Waals surface area contributed by atoms with Crippen LogP contribution in [0, 0.1) is 12.8 Å². The fourth-order valence-corrected chi connectivity index (χ4v) is 2.56. The number of pyridine rings is 1. The van der Waals surface area contributed by atoms with Crippen molar-refractivity contribution in [3.63, 3.8) is 0 Å². The van der Waals surface area contributed by atoms with Crippen LogP contribution < -0.4 is 4.90 Å². The Morgan fingerprint density at radius 2 is 2.38 bits per heavy atom. The number of rotatable bonds is 2. The lowest BCUT2D eigenvalue weighted by atomic mass is 10.00. The third kappa shape index (κ3) is 2.49. The van der Waals surface area contributed by atoms with Gasteiger partial charge >= 0.3 is 0 Å². The molecule has 0 aromatic carbocycles. The van der Waals surface area contributed by atoms with E-state index in [4.69, 9.17) is 11.6 Å². The average molecular weight is 239 g/mol. The molecular weight excluding hydrogens is 220 g/mol. The number of anilines is 1. The lowest BCUT2D eigenvalue weighted by Gasteiger charge is -2.32. The van der Waals surface area contributed by atoms with E-state index in [-0.39, 0.29) is 0 Å². The first-order valence-electron chi connectivity index (χ1n) is 5.97. The van der Waals surface area contributed by atoms with Crippen molar-refractivity contribution < 1.29 is 0 Å². The zero-order valence-corrected chi connectivity index (χ0v) is 10.8. The normalized spacial score (nSPS) is 21.2. The summed E-state index contributed by atoms with van der Waals surface area (Å²) in [4.78, 5) is 6.95.